The van der Waals surface area contributed by atoms with Crippen molar-refractivity contribution in [3.8, 4) is 28.3 Å². The van der Waals surface area contributed by atoms with Crippen LogP contribution in [0.15, 0.2) is 65.5 Å². The Hall–Kier alpha value is -3.34. The van der Waals surface area contributed by atoms with Crippen molar-refractivity contribution in [2.24, 2.45) is 7.05 Å². The summed E-state index contributed by atoms with van der Waals surface area (Å²) in [5.74, 6) is 1.41. The maximum Gasteiger partial charge on any atom is 0.259 e. The van der Waals surface area contributed by atoms with E-state index in [4.69, 9.17) is 9.72 Å². The van der Waals surface area contributed by atoms with Gasteiger partial charge in [0.15, 0.2) is 0 Å². The summed E-state index contributed by atoms with van der Waals surface area (Å²) < 4.78 is 8.87. The Morgan fingerprint density at radius 2 is 1.65 bits per heavy atom. The molecule has 2 aromatic carbocycles. The van der Waals surface area contributed by atoms with E-state index in [-0.39, 0.29) is 5.56 Å². The molecule has 5 nitrogen and oxygen atoms in total. The zero-order chi connectivity index (χ0) is 18.3. The number of aryl methyl sites for hydroxylation is 2. The van der Waals surface area contributed by atoms with E-state index in [1.807, 2.05) is 73.1 Å². The molecule has 0 aliphatic carbocycles. The van der Waals surface area contributed by atoms with Crippen molar-refractivity contribution >= 4 is 5.78 Å². The molecule has 130 valence electrons. The van der Waals surface area contributed by atoms with Crippen molar-refractivity contribution in [1.82, 2.24) is 14.0 Å². The van der Waals surface area contributed by atoms with E-state index in [2.05, 4.69) is 0 Å². The summed E-state index contributed by atoms with van der Waals surface area (Å²) in [7, 11) is 3.56. The molecule has 0 unspecified atom stereocenters. The Labute approximate surface area is 151 Å². The maximum absolute atomic E-state index is 12.8. The maximum atomic E-state index is 12.8. The molecule has 0 aliphatic heterocycles. The first-order chi connectivity index (χ1) is 12.6. The molecule has 0 aliphatic rings. The lowest BCUT2D eigenvalue weighted by Gasteiger charge is -2.08. The zero-order valence-corrected chi connectivity index (χ0v) is 14.9. The van der Waals surface area contributed by atoms with E-state index in [0.29, 0.717) is 5.78 Å². The lowest BCUT2D eigenvalue weighted by molar-refractivity contribution is 0.415. The van der Waals surface area contributed by atoms with Crippen molar-refractivity contribution in [1.29, 1.82) is 0 Å². The Kier molecular flexibility index (Phi) is 3.84. The predicted octanol–water partition coefficient (Wildman–Crippen LogP) is 3.68. The molecule has 0 N–H and O–H groups in total. The molecule has 5 heteroatoms. The van der Waals surface area contributed by atoms with Gasteiger partial charge in [-0.2, -0.15) is 0 Å². The largest absolute Gasteiger partial charge is 0.497 e. The van der Waals surface area contributed by atoms with Gasteiger partial charge >= 0.3 is 0 Å². The molecule has 0 amide bonds. The standard InChI is InChI=1S/C21H19N3O2/c1-14-13-18(25)24-20(16-7-5-4-6-8-16)19(22-21(24)23(14)2)15-9-11-17(26-3)12-10-15/h4-13H,1-3H3. The minimum atomic E-state index is -0.0817. The van der Waals surface area contributed by atoms with E-state index >= 15 is 0 Å². The summed E-state index contributed by atoms with van der Waals surface area (Å²) in [5, 5.41) is 0. The molecule has 2 aromatic heterocycles. The summed E-state index contributed by atoms with van der Waals surface area (Å²) in [6.07, 6.45) is 0. The van der Waals surface area contributed by atoms with E-state index in [0.717, 1.165) is 34.0 Å². The van der Waals surface area contributed by atoms with E-state index in [1.54, 1.807) is 17.6 Å². The van der Waals surface area contributed by atoms with Crippen molar-refractivity contribution in [3.05, 3.63) is 76.7 Å². The van der Waals surface area contributed by atoms with Gasteiger partial charge in [0, 0.05) is 29.9 Å². The third-order valence-corrected chi connectivity index (χ3v) is 4.65. The SMILES string of the molecule is COc1ccc(-c2nc3n(C)c(C)cc(=O)n3c2-c2ccccc2)cc1. The number of imidazole rings is 1. The monoisotopic (exact) mass is 345 g/mol. The van der Waals surface area contributed by atoms with Crippen LogP contribution in [0.4, 0.5) is 0 Å². The minimum absolute atomic E-state index is 0.0817. The van der Waals surface area contributed by atoms with Crippen molar-refractivity contribution in [3.63, 3.8) is 0 Å². The summed E-state index contributed by atoms with van der Waals surface area (Å²) in [4.78, 5) is 17.6. The molecule has 0 spiro atoms. The van der Waals surface area contributed by atoms with Crippen LogP contribution in [0.1, 0.15) is 5.69 Å². The van der Waals surface area contributed by atoms with Crippen LogP contribution in [0.3, 0.4) is 0 Å². The smallest absolute Gasteiger partial charge is 0.259 e. The predicted molar refractivity (Wildman–Crippen MR) is 103 cm³/mol. The van der Waals surface area contributed by atoms with Crippen LogP contribution in [0.2, 0.25) is 0 Å². The molecule has 0 saturated heterocycles. The molecule has 0 radical (unpaired) electrons. The van der Waals surface area contributed by atoms with Gasteiger partial charge in [-0.3, -0.25) is 4.79 Å². The molecular formula is C21H19N3O2. The fraction of sp³-hybridized carbons (Fsp3) is 0.143. The number of aromatic nitrogens is 3. The van der Waals surface area contributed by atoms with E-state index in [1.165, 1.54) is 0 Å². The summed E-state index contributed by atoms with van der Waals surface area (Å²) in [6, 6.07) is 19.2. The van der Waals surface area contributed by atoms with Crippen LogP contribution < -0.4 is 10.3 Å². The minimum Gasteiger partial charge on any atom is -0.497 e. The third-order valence-electron chi connectivity index (χ3n) is 4.65. The van der Waals surface area contributed by atoms with Crippen LogP contribution >= 0.6 is 0 Å². The van der Waals surface area contributed by atoms with Crippen LogP contribution in [0, 0.1) is 6.92 Å². The second-order valence-corrected chi connectivity index (χ2v) is 6.22. The summed E-state index contributed by atoms with van der Waals surface area (Å²) in [6.45, 7) is 1.91. The highest BCUT2D eigenvalue weighted by atomic mass is 16.5. The molecule has 26 heavy (non-hydrogen) atoms. The molecule has 4 aromatic rings. The quantitative estimate of drug-likeness (QED) is 0.569. The van der Waals surface area contributed by atoms with Crippen molar-refractivity contribution < 1.29 is 4.74 Å². The summed E-state index contributed by atoms with van der Waals surface area (Å²) in [5.41, 5.74) is 4.25. The molecule has 2 heterocycles. The Morgan fingerprint density at radius 3 is 2.31 bits per heavy atom. The number of hydrogen-bond acceptors (Lipinski definition) is 3. The van der Waals surface area contributed by atoms with Gasteiger partial charge < -0.3 is 9.30 Å². The van der Waals surface area contributed by atoms with E-state index in [9.17, 15) is 4.79 Å². The lowest BCUT2D eigenvalue weighted by Crippen LogP contribution is -2.18. The van der Waals surface area contributed by atoms with Crippen molar-refractivity contribution in [2.45, 2.75) is 6.92 Å². The van der Waals surface area contributed by atoms with Gasteiger partial charge in [0.2, 0.25) is 5.78 Å². The van der Waals surface area contributed by atoms with Crippen LogP contribution in [-0.4, -0.2) is 21.1 Å². The molecule has 4 rings (SSSR count). The highest BCUT2D eigenvalue weighted by Crippen LogP contribution is 2.32. The third kappa shape index (κ3) is 2.49. The van der Waals surface area contributed by atoms with Gasteiger partial charge in [-0.1, -0.05) is 30.3 Å². The topological polar surface area (TPSA) is 48.5 Å². The van der Waals surface area contributed by atoms with Crippen molar-refractivity contribution in [2.75, 3.05) is 7.11 Å². The molecular weight excluding hydrogens is 326 g/mol. The highest BCUT2D eigenvalue weighted by Gasteiger charge is 2.19. The van der Waals surface area contributed by atoms with Gasteiger partial charge in [0.05, 0.1) is 18.5 Å². The van der Waals surface area contributed by atoms with Gasteiger partial charge in [0.1, 0.15) is 5.75 Å². The van der Waals surface area contributed by atoms with Gasteiger partial charge in [-0.05, 0) is 31.2 Å². The normalized spacial score (nSPS) is 11.0. The fourth-order valence-electron chi connectivity index (χ4n) is 3.15. The Morgan fingerprint density at radius 1 is 0.962 bits per heavy atom. The van der Waals surface area contributed by atoms with Crippen LogP contribution in [-0.2, 0) is 7.05 Å². The number of ether oxygens (including phenoxy) is 1. The molecule has 0 bridgehead atoms. The number of fused-ring (bicyclic) bond motifs is 1. The number of nitrogens with zero attached hydrogens (tertiary/aromatic N) is 3. The fourth-order valence-corrected chi connectivity index (χ4v) is 3.15. The highest BCUT2D eigenvalue weighted by molar-refractivity contribution is 5.81. The average molecular weight is 345 g/mol. The van der Waals surface area contributed by atoms with Gasteiger partial charge in [0.25, 0.3) is 5.56 Å². The Bertz CT molecular complexity index is 1140. The first kappa shape index (κ1) is 16.1. The number of hydrogen-bond donors (Lipinski definition) is 0. The first-order valence-electron chi connectivity index (χ1n) is 8.39. The van der Waals surface area contributed by atoms with Crippen LogP contribution in [0.25, 0.3) is 28.3 Å². The summed E-state index contributed by atoms with van der Waals surface area (Å²) >= 11 is 0. The number of benzene rings is 2. The Balaban J connectivity index is 2.10. The average Bonchev–Trinajstić information content (AvgIpc) is 3.08. The lowest BCUT2D eigenvalue weighted by atomic mass is 10.0. The van der Waals surface area contributed by atoms with Gasteiger partial charge in [-0.15, -0.1) is 0 Å². The molecule has 0 fully saturated rings. The second kappa shape index (κ2) is 6.19. The number of methoxy groups -OCH3 is 1. The van der Waals surface area contributed by atoms with Gasteiger partial charge in [-0.25, -0.2) is 9.38 Å². The van der Waals surface area contributed by atoms with Crippen LogP contribution in [0.5, 0.6) is 5.75 Å². The second-order valence-electron chi connectivity index (χ2n) is 6.22. The molecule has 0 atom stereocenters. The zero-order valence-electron chi connectivity index (χ0n) is 14.9. The first-order valence-corrected chi connectivity index (χ1v) is 8.39. The molecule has 0 saturated carbocycles. The van der Waals surface area contributed by atoms with E-state index < -0.39 is 0 Å². The number of rotatable bonds is 3.